The number of hydrogen-bond donors (Lipinski definition) is 1. The van der Waals surface area contributed by atoms with Crippen molar-refractivity contribution in [3.8, 4) is 0 Å². The molecule has 0 amide bonds. The predicted octanol–water partition coefficient (Wildman–Crippen LogP) is 2.61. The molecule has 1 unspecified atom stereocenters. The Hall–Kier alpha value is -1.19. The van der Waals surface area contributed by atoms with Crippen LogP contribution in [0, 0.1) is 3.70 Å². The molecule has 1 aromatic heterocycles. The molecule has 2 N–H and O–H groups in total. The van der Waals surface area contributed by atoms with E-state index in [4.69, 9.17) is 5.73 Å². The van der Waals surface area contributed by atoms with Crippen molar-refractivity contribution in [2.24, 2.45) is 5.73 Å². The Morgan fingerprint density at radius 1 is 1.41 bits per heavy atom. The number of aromatic nitrogens is 2. The normalized spacial score (nSPS) is 13.0. The van der Waals surface area contributed by atoms with Gasteiger partial charge in [0.25, 0.3) is 10.0 Å². The molecule has 0 radical (unpaired) electrons. The van der Waals surface area contributed by atoms with Crippen molar-refractivity contribution < 1.29 is 8.42 Å². The molecule has 7 heteroatoms. The van der Waals surface area contributed by atoms with E-state index in [-0.39, 0.29) is 0 Å². The minimum atomic E-state index is -3.65. The van der Waals surface area contributed by atoms with Crippen LogP contribution in [-0.4, -0.2) is 17.4 Å². The lowest BCUT2D eigenvalue weighted by molar-refractivity contribution is 0.579. The highest BCUT2D eigenvalue weighted by Gasteiger charge is 2.28. The summed E-state index contributed by atoms with van der Waals surface area (Å²) in [5, 5.41) is -0.824. The summed E-state index contributed by atoms with van der Waals surface area (Å²) in [6.45, 7) is 6.02. The van der Waals surface area contributed by atoms with Crippen LogP contribution in [-0.2, 0) is 23.0 Å². The van der Waals surface area contributed by atoms with Gasteiger partial charge in [-0.3, -0.25) is 0 Å². The first-order chi connectivity index (χ1) is 10.5. The van der Waals surface area contributed by atoms with E-state index in [0.29, 0.717) is 27.9 Å². The van der Waals surface area contributed by atoms with Crippen LogP contribution in [0.2, 0.25) is 0 Å². The van der Waals surface area contributed by atoms with Gasteiger partial charge < -0.3 is 5.73 Å². The molecule has 0 aliphatic carbocycles. The van der Waals surface area contributed by atoms with Crippen LogP contribution in [0.25, 0.3) is 0 Å². The second-order valence-electron chi connectivity index (χ2n) is 4.78. The van der Waals surface area contributed by atoms with Crippen molar-refractivity contribution >= 4 is 32.6 Å². The molecule has 5 nitrogen and oxygen atoms in total. The van der Waals surface area contributed by atoms with Crippen LogP contribution < -0.4 is 5.73 Å². The van der Waals surface area contributed by atoms with Gasteiger partial charge in [0.15, 0.2) is 0 Å². The third kappa shape index (κ3) is 3.11. The van der Waals surface area contributed by atoms with E-state index in [9.17, 15) is 8.42 Å². The van der Waals surface area contributed by atoms with Gasteiger partial charge in [-0.15, -0.1) is 6.58 Å². The summed E-state index contributed by atoms with van der Waals surface area (Å²) in [6.07, 6.45) is 3.40. The van der Waals surface area contributed by atoms with Crippen molar-refractivity contribution in [1.29, 1.82) is 0 Å². The number of halogens is 1. The largest absolute Gasteiger partial charge is 0.326 e. The molecule has 0 saturated heterocycles. The van der Waals surface area contributed by atoms with Crippen molar-refractivity contribution in [2.45, 2.75) is 25.1 Å². The zero-order valence-corrected chi connectivity index (χ0v) is 15.2. The molecule has 0 aliphatic heterocycles. The molecule has 1 aromatic carbocycles. The summed E-state index contributed by atoms with van der Waals surface area (Å²) >= 11 is 2.04. The molecule has 0 fully saturated rings. The molecule has 0 aliphatic rings. The van der Waals surface area contributed by atoms with Crippen molar-refractivity contribution in [3.05, 3.63) is 63.8 Å². The van der Waals surface area contributed by atoms with Gasteiger partial charge in [-0.2, -0.15) is 0 Å². The SMILES string of the molecule is C=CC(c1ccc(CN)cc1)S(=O)(=O)n1cnc(I)c1CC. The molecule has 2 rings (SSSR count). The van der Waals surface area contributed by atoms with Gasteiger partial charge in [0, 0.05) is 6.54 Å². The van der Waals surface area contributed by atoms with Crippen molar-refractivity contribution in [3.63, 3.8) is 0 Å². The Morgan fingerprint density at radius 3 is 2.55 bits per heavy atom. The fourth-order valence-corrected chi connectivity index (χ4v) is 4.87. The molecular weight excluding hydrogens is 413 g/mol. The molecular formula is C15H18IN3O2S. The highest BCUT2D eigenvalue weighted by atomic mass is 127. The fourth-order valence-electron chi connectivity index (χ4n) is 2.25. The summed E-state index contributed by atoms with van der Waals surface area (Å²) in [4.78, 5) is 4.11. The average molecular weight is 431 g/mol. The van der Waals surface area contributed by atoms with Gasteiger partial charge in [0.2, 0.25) is 0 Å². The standard InChI is InChI=1S/C15H18IN3O2S/c1-3-13-15(16)18-10-19(13)22(20,21)14(4-2)12-7-5-11(9-17)6-8-12/h4-8,10,14H,2-3,9,17H2,1H3. The van der Waals surface area contributed by atoms with Crippen LogP contribution >= 0.6 is 22.6 Å². The monoisotopic (exact) mass is 431 g/mol. The first-order valence-corrected chi connectivity index (χ1v) is 9.41. The van der Waals surface area contributed by atoms with Crippen molar-refractivity contribution in [2.75, 3.05) is 0 Å². The lowest BCUT2D eigenvalue weighted by Crippen LogP contribution is -2.21. The number of benzene rings is 1. The smallest absolute Gasteiger partial charge is 0.250 e. The molecule has 0 saturated carbocycles. The van der Waals surface area contributed by atoms with Gasteiger partial charge in [0.05, 0.1) is 5.69 Å². The van der Waals surface area contributed by atoms with E-state index in [0.717, 1.165) is 5.56 Å². The van der Waals surface area contributed by atoms with Crippen LogP contribution in [0.5, 0.6) is 0 Å². The van der Waals surface area contributed by atoms with Gasteiger partial charge in [-0.05, 0) is 40.1 Å². The lowest BCUT2D eigenvalue weighted by Gasteiger charge is -2.17. The second-order valence-corrected chi connectivity index (χ2v) is 7.73. The van der Waals surface area contributed by atoms with Crippen LogP contribution in [0.3, 0.4) is 0 Å². The number of rotatable bonds is 6. The van der Waals surface area contributed by atoms with E-state index in [2.05, 4.69) is 11.6 Å². The first kappa shape index (κ1) is 17.2. The number of nitrogens with two attached hydrogens (primary N) is 1. The molecule has 0 spiro atoms. The van der Waals surface area contributed by atoms with E-state index in [1.807, 2.05) is 41.6 Å². The molecule has 22 heavy (non-hydrogen) atoms. The maximum absolute atomic E-state index is 12.9. The summed E-state index contributed by atoms with van der Waals surface area (Å²) in [7, 11) is -3.65. The van der Waals surface area contributed by atoms with Crippen LogP contribution in [0.15, 0.2) is 43.2 Å². The molecule has 1 atom stereocenters. The van der Waals surface area contributed by atoms with Crippen LogP contribution in [0.1, 0.15) is 29.0 Å². The summed E-state index contributed by atoms with van der Waals surface area (Å²) in [6, 6.07) is 7.22. The zero-order valence-electron chi connectivity index (χ0n) is 12.2. The molecule has 1 heterocycles. The van der Waals surface area contributed by atoms with Gasteiger partial charge >= 0.3 is 0 Å². The second kappa shape index (κ2) is 6.93. The molecule has 2 aromatic rings. The molecule has 0 bridgehead atoms. The average Bonchev–Trinajstić information content (AvgIpc) is 2.90. The summed E-state index contributed by atoms with van der Waals surface area (Å²) < 4.78 is 27.8. The topological polar surface area (TPSA) is 78.0 Å². The number of nitrogens with zero attached hydrogens (tertiary/aromatic N) is 2. The van der Waals surface area contributed by atoms with E-state index in [1.165, 1.54) is 16.4 Å². The first-order valence-electron chi connectivity index (χ1n) is 6.83. The van der Waals surface area contributed by atoms with Crippen molar-refractivity contribution in [1.82, 2.24) is 8.96 Å². The minimum Gasteiger partial charge on any atom is -0.326 e. The van der Waals surface area contributed by atoms with Crippen LogP contribution in [0.4, 0.5) is 0 Å². The van der Waals surface area contributed by atoms with Gasteiger partial charge in [-0.25, -0.2) is 17.4 Å². The van der Waals surface area contributed by atoms with Gasteiger partial charge in [-0.1, -0.05) is 37.3 Å². The zero-order chi connectivity index (χ0) is 16.3. The maximum atomic E-state index is 12.9. The number of hydrogen-bond acceptors (Lipinski definition) is 4. The highest BCUT2D eigenvalue weighted by Crippen LogP contribution is 2.28. The Morgan fingerprint density at radius 2 is 2.05 bits per heavy atom. The Balaban J connectivity index is 2.50. The predicted molar refractivity (Wildman–Crippen MR) is 95.9 cm³/mol. The Kier molecular flexibility index (Phi) is 5.41. The third-order valence-electron chi connectivity index (χ3n) is 3.47. The quantitative estimate of drug-likeness (QED) is 0.564. The summed E-state index contributed by atoms with van der Waals surface area (Å²) in [5.41, 5.74) is 7.88. The van der Waals surface area contributed by atoms with E-state index in [1.54, 1.807) is 12.1 Å². The van der Waals surface area contributed by atoms with E-state index < -0.39 is 15.3 Å². The third-order valence-corrected chi connectivity index (χ3v) is 6.34. The number of imidazole rings is 1. The Labute approximate surface area is 144 Å². The highest BCUT2D eigenvalue weighted by molar-refractivity contribution is 14.1. The Bertz CT molecular complexity index is 767. The van der Waals surface area contributed by atoms with E-state index >= 15 is 0 Å². The molecule has 118 valence electrons. The lowest BCUT2D eigenvalue weighted by atomic mass is 10.1. The summed E-state index contributed by atoms with van der Waals surface area (Å²) in [5.74, 6) is 0. The minimum absolute atomic E-state index is 0.422. The fraction of sp³-hybridized carbons (Fsp3) is 0.267. The maximum Gasteiger partial charge on any atom is 0.250 e. The van der Waals surface area contributed by atoms with Gasteiger partial charge in [0.1, 0.15) is 15.3 Å².